The number of nitrogens with zero attached hydrogens (tertiary/aromatic N) is 5. The van der Waals surface area contributed by atoms with Gasteiger partial charge in [-0.2, -0.15) is 0 Å². The third-order valence-electron chi connectivity index (χ3n) is 6.00. The fourth-order valence-electron chi connectivity index (χ4n) is 3.96. The fraction of sp³-hybridized carbons (Fsp3) is 0.375. The Morgan fingerprint density at radius 1 is 0.967 bits per heavy atom. The molecule has 0 saturated carbocycles. The molecule has 0 amide bonds. The second kappa shape index (κ2) is 8.79. The predicted octanol–water partition coefficient (Wildman–Crippen LogP) is 4.05. The van der Waals surface area contributed by atoms with Gasteiger partial charge in [0, 0.05) is 49.7 Å². The molecule has 1 fully saturated rings. The van der Waals surface area contributed by atoms with Gasteiger partial charge < -0.3 is 9.64 Å². The molecule has 2 aromatic heterocycles. The number of piperazine rings is 1. The van der Waals surface area contributed by atoms with Gasteiger partial charge >= 0.3 is 0 Å². The first kappa shape index (κ1) is 20.3. The summed E-state index contributed by atoms with van der Waals surface area (Å²) in [6, 6.07) is 14.6. The number of hydrogen-bond acceptors (Lipinski definition) is 6. The zero-order valence-corrected chi connectivity index (χ0v) is 18.2. The number of aryl methyl sites for hydroxylation is 1. The zero-order valence-electron chi connectivity index (χ0n) is 18.2. The molecule has 1 saturated heterocycles. The van der Waals surface area contributed by atoms with Crippen molar-refractivity contribution >= 4 is 5.82 Å². The Bertz CT molecular complexity index is 1000. The summed E-state index contributed by atoms with van der Waals surface area (Å²) in [6.07, 6.45) is 1.78. The van der Waals surface area contributed by atoms with Crippen LogP contribution in [0.2, 0.25) is 0 Å². The van der Waals surface area contributed by atoms with Gasteiger partial charge in [0.25, 0.3) is 0 Å². The SMILES string of the molecule is COc1cccc(C(C)N2CCN(c3nc(-c4ccccn4)nc(C)c3C)CC2)c1. The molecule has 1 aromatic carbocycles. The quantitative estimate of drug-likeness (QED) is 0.641. The number of rotatable bonds is 5. The third kappa shape index (κ3) is 4.14. The molecule has 4 rings (SSSR count). The summed E-state index contributed by atoms with van der Waals surface area (Å²) < 4.78 is 5.39. The van der Waals surface area contributed by atoms with Crippen LogP contribution < -0.4 is 9.64 Å². The van der Waals surface area contributed by atoms with Crippen LogP contribution >= 0.6 is 0 Å². The van der Waals surface area contributed by atoms with Crippen LogP contribution in [0.4, 0.5) is 5.82 Å². The molecule has 0 aliphatic carbocycles. The molecule has 6 heteroatoms. The topological polar surface area (TPSA) is 54.4 Å². The highest BCUT2D eigenvalue weighted by atomic mass is 16.5. The molecule has 3 aromatic rings. The monoisotopic (exact) mass is 403 g/mol. The standard InChI is InChI=1S/C24H29N5O/c1-17-18(2)26-23(22-10-5-6-11-25-22)27-24(17)29-14-12-28(13-15-29)19(3)20-8-7-9-21(16-20)30-4/h5-11,16,19H,12-15H2,1-4H3. The van der Waals surface area contributed by atoms with Crippen LogP contribution in [0.5, 0.6) is 5.75 Å². The average molecular weight is 404 g/mol. The molecule has 156 valence electrons. The fourth-order valence-corrected chi connectivity index (χ4v) is 3.96. The van der Waals surface area contributed by atoms with Crippen LogP contribution in [0.15, 0.2) is 48.7 Å². The lowest BCUT2D eigenvalue weighted by Crippen LogP contribution is -2.47. The van der Waals surface area contributed by atoms with Crippen molar-refractivity contribution in [3.63, 3.8) is 0 Å². The lowest BCUT2D eigenvalue weighted by molar-refractivity contribution is 0.198. The lowest BCUT2D eigenvalue weighted by Gasteiger charge is -2.39. The Balaban J connectivity index is 1.50. The van der Waals surface area contributed by atoms with Crippen molar-refractivity contribution in [3.05, 3.63) is 65.5 Å². The van der Waals surface area contributed by atoms with E-state index in [2.05, 4.69) is 51.8 Å². The highest BCUT2D eigenvalue weighted by Gasteiger charge is 2.25. The molecule has 1 aliphatic heterocycles. The molecular formula is C24H29N5O. The Morgan fingerprint density at radius 3 is 2.47 bits per heavy atom. The molecule has 0 bridgehead atoms. The zero-order chi connectivity index (χ0) is 21.1. The summed E-state index contributed by atoms with van der Waals surface area (Å²) >= 11 is 0. The van der Waals surface area contributed by atoms with Gasteiger partial charge in [0.2, 0.25) is 0 Å². The van der Waals surface area contributed by atoms with Crippen molar-refractivity contribution in [1.29, 1.82) is 0 Å². The van der Waals surface area contributed by atoms with Crippen molar-refractivity contribution < 1.29 is 4.74 Å². The van der Waals surface area contributed by atoms with Gasteiger partial charge in [-0.25, -0.2) is 9.97 Å². The van der Waals surface area contributed by atoms with Gasteiger partial charge in [-0.1, -0.05) is 18.2 Å². The largest absolute Gasteiger partial charge is 0.497 e. The first-order chi connectivity index (χ1) is 14.6. The summed E-state index contributed by atoms with van der Waals surface area (Å²) in [7, 11) is 1.72. The Labute approximate surface area is 178 Å². The van der Waals surface area contributed by atoms with E-state index in [0.29, 0.717) is 11.9 Å². The number of methoxy groups -OCH3 is 1. The summed E-state index contributed by atoms with van der Waals surface area (Å²) in [5, 5.41) is 0. The second-order valence-electron chi connectivity index (χ2n) is 7.77. The summed E-state index contributed by atoms with van der Waals surface area (Å²) in [5.74, 6) is 2.63. The maximum atomic E-state index is 5.39. The highest BCUT2D eigenvalue weighted by Crippen LogP contribution is 2.28. The molecule has 1 unspecified atom stereocenters. The van der Waals surface area contributed by atoms with Crippen LogP contribution in [0.25, 0.3) is 11.5 Å². The molecule has 0 N–H and O–H groups in total. The van der Waals surface area contributed by atoms with Gasteiger partial charge in [-0.15, -0.1) is 0 Å². The smallest absolute Gasteiger partial charge is 0.180 e. The molecule has 1 aliphatic rings. The van der Waals surface area contributed by atoms with Crippen molar-refractivity contribution in [3.8, 4) is 17.3 Å². The molecule has 1 atom stereocenters. The average Bonchev–Trinajstić information content (AvgIpc) is 2.81. The minimum absolute atomic E-state index is 0.347. The van der Waals surface area contributed by atoms with Crippen LogP contribution in [0.1, 0.15) is 29.8 Å². The maximum absolute atomic E-state index is 5.39. The van der Waals surface area contributed by atoms with Crippen LogP contribution in [-0.4, -0.2) is 53.1 Å². The predicted molar refractivity (Wildman–Crippen MR) is 120 cm³/mol. The van der Waals surface area contributed by atoms with Gasteiger partial charge in [-0.3, -0.25) is 9.88 Å². The maximum Gasteiger partial charge on any atom is 0.180 e. The van der Waals surface area contributed by atoms with Crippen molar-refractivity contribution in [2.45, 2.75) is 26.8 Å². The van der Waals surface area contributed by atoms with Gasteiger partial charge in [0.15, 0.2) is 5.82 Å². The van der Waals surface area contributed by atoms with Gasteiger partial charge in [-0.05, 0) is 50.6 Å². The Kier molecular flexibility index (Phi) is 5.95. The van der Waals surface area contributed by atoms with Crippen molar-refractivity contribution in [1.82, 2.24) is 19.9 Å². The molecule has 0 radical (unpaired) electrons. The van der Waals surface area contributed by atoms with E-state index in [9.17, 15) is 0 Å². The van der Waals surface area contributed by atoms with E-state index >= 15 is 0 Å². The minimum Gasteiger partial charge on any atom is -0.497 e. The first-order valence-corrected chi connectivity index (χ1v) is 10.5. The molecule has 3 heterocycles. The number of anilines is 1. The Hall–Kier alpha value is -2.99. The number of pyridine rings is 1. The number of ether oxygens (including phenoxy) is 1. The third-order valence-corrected chi connectivity index (χ3v) is 6.00. The second-order valence-corrected chi connectivity index (χ2v) is 7.77. The summed E-state index contributed by atoms with van der Waals surface area (Å²) in [5.41, 5.74) is 4.25. The minimum atomic E-state index is 0.347. The van der Waals surface area contributed by atoms with E-state index in [1.807, 2.05) is 31.2 Å². The van der Waals surface area contributed by atoms with E-state index in [-0.39, 0.29) is 0 Å². The van der Waals surface area contributed by atoms with E-state index in [1.54, 1.807) is 13.3 Å². The van der Waals surface area contributed by atoms with Crippen molar-refractivity contribution in [2.24, 2.45) is 0 Å². The number of benzene rings is 1. The number of aromatic nitrogens is 3. The summed E-state index contributed by atoms with van der Waals surface area (Å²) in [6.45, 7) is 10.3. The van der Waals surface area contributed by atoms with Gasteiger partial charge in [0.05, 0.1) is 7.11 Å². The van der Waals surface area contributed by atoms with E-state index in [1.165, 1.54) is 5.56 Å². The van der Waals surface area contributed by atoms with E-state index in [4.69, 9.17) is 9.72 Å². The molecule has 0 spiro atoms. The number of hydrogen-bond donors (Lipinski definition) is 0. The highest BCUT2D eigenvalue weighted by molar-refractivity contribution is 5.57. The molecular weight excluding hydrogens is 374 g/mol. The van der Waals surface area contributed by atoms with Crippen LogP contribution in [0.3, 0.4) is 0 Å². The first-order valence-electron chi connectivity index (χ1n) is 10.5. The lowest BCUT2D eigenvalue weighted by atomic mass is 10.1. The Morgan fingerprint density at radius 2 is 1.77 bits per heavy atom. The van der Waals surface area contributed by atoms with Gasteiger partial charge in [0.1, 0.15) is 17.3 Å². The normalized spacial score (nSPS) is 15.8. The van der Waals surface area contributed by atoms with E-state index in [0.717, 1.165) is 54.7 Å². The van der Waals surface area contributed by atoms with E-state index < -0.39 is 0 Å². The van der Waals surface area contributed by atoms with Crippen LogP contribution in [0, 0.1) is 13.8 Å². The van der Waals surface area contributed by atoms with Crippen LogP contribution in [-0.2, 0) is 0 Å². The van der Waals surface area contributed by atoms with Crippen molar-refractivity contribution in [2.75, 3.05) is 38.2 Å². The molecule has 30 heavy (non-hydrogen) atoms. The summed E-state index contributed by atoms with van der Waals surface area (Å²) in [4.78, 5) is 18.9. The molecule has 6 nitrogen and oxygen atoms in total.